The monoisotopic (exact) mass is 301 g/mol. The van der Waals surface area contributed by atoms with Crippen LogP contribution in [-0.2, 0) is 4.74 Å². The molecule has 1 fully saturated rings. The molecule has 0 amide bonds. The van der Waals surface area contributed by atoms with Crippen LogP contribution in [-0.4, -0.2) is 42.7 Å². The molecule has 1 aromatic carbocycles. The summed E-state index contributed by atoms with van der Waals surface area (Å²) in [5, 5.41) is 0. The number of oxazole rings is 1. The molecule has 0 unspecified atom stereocenters. The highest BCUT2D eigenvalue weighted by molar-refractivity contribution is 5.60. The van der Waals surface area contributed by atoms with E-state index in [1.54, 1.807) is 0 Å². The summed E-state index contributed by atoms with van der Waals surface area (Å²) in [7, 11) is 0. The van der Waals surface area contributed by atoms with Crippen LogP contribution in [0.25, 0.3) is 11.3 Å². The molecule has 3 rings (SSSR count). The number of nitrogens with two attached hydrogens (primary N) is 1. The van der Waals surface area contributed by atoms with Gasteiger partial charge in [-0.05, 0) is 12.5 Å². The fraction of sp³-hybridized carbons (Fsp3) is 0.471. The van der Waals surface area contributed by atoms with Crippen LogP contribution in [0.4, 0.5) is 0 Å². The summed E-state index contributed by atoms with van der Waals surface area (Å²) < 4.78 is 11.0. The lowest BCUT2D eigenvalue weighted by molar-refractivity contribution is 0.0352. The van der Waals surface area contributed by atoms with E-state index in [0.717, 1.165) is 55.4 Å². The maximum atomic E-state index is 6.33. The Morgan fingerprint density at radius 1 is 1.18 bits per heavy atom. The normalized spacial score (nSPS) is 17.6. The van der Waals surface area contributed by atoms with Gasteiger partial charge in [-0.2, -0.15) is 0 Å². The van der Waals surface area contributed by atoms with Crippen molar-refractivity contribution in [3.05, 3.63) is 41.4 Å². The highest BCUT2D eigenvalue weighted by Gasteiger charge is 2.16. The third-order valence-electron chi connectivity index (χ3n) is 4.06. The van der Waals surface area contributed by atoms with Gasteiger partial charge in [-0.3, -0.25) is 4.90 Å². The SMILES string of the molecule is Cc1nc(C)c(-c2ccc([C@@H](N)CN3CCOCC3)cc2)o1. The van der Waals surface area contributed by atoms with Crippen LogP contribution in [0.3, 0.4) is 0 Å². The van der Waals surface area contributed by atoms with Crippen LogP contribution in [0.5, 0.6) is 0 Å². The van der Waals surface area contributed by atoms with E-state index >= 15 is 0 Å². The molecule has 1 saturated heterocycles. The Hall–Kier alpha value is -1.69. The molecule has 0 bridgehead atoms. The van der Waals surface area contributed by atoms with Gasteiger partial charge in [-0.15, -0.1) is 0 Å². The minimum Gasteiger partial charge on any atom is -0.441 e. The number of nitrogens with zero attached hydrogens (tertiary/aromatic N) is 2. The molecule has 0 radical (unpaired) electrons. The van der Waals surface area contributed by atoms with Gasteiger partial charge in [-0.25, -0.2) is 4.98 Å². The second kappa shape index (κ2) is 6.60. The lowest BCUT2D eigenvalue weighted by Gasteiger charge is -2.29. The van der Waals surface area contributed by atoms with E-state index in [9.17, 15) is 0 Å². The van der Waals surface area contributed by atoms with Gasteiger partial charge in [-0.1, -0.05) is 24.3 Å². The summed E-state index contributed by atoms with van der Waals surface area (Å²) in [6, 6.07) is 8.29. The van der Waals surface area contributed by atoms with Crippen molar-refractivity contribution in [1.29, 1.82) is 0 Å². The second-order valence-corrected chi connectivity index (χ2v) is 5.79. The molecule has 2 aromatic rings. The lowest BCUT2D eigenvalue weighted by Crippen LogP contribution is -2.40. The molecule has 118 valence electrons. The van der Waals surface area contributed by atoms with Crippen molar-refractivity contribution in [2.75, 3.05) is 32.8 Å². The maximum Gasteiger partial charge on any atom is 0.192 e. The predicted octanol–water partition coefficient (Wildman–Crippen LogP) is 2.29. The van der Waals surface area contributed by atoms with Gasteiger partial charge in [0.15, 0.2) is 11.7 Å². The first-order valence-electron chi connectivity index (χ1n) is 7.73. The average Bonchev–Trinajstić information content (AvgIpc) is 2.87. The predicted molar refractivity (Wildman–Crippen MR) is 85.6 cm³/mol. The van der Waals surface area contributed by atoms with Crippen molar-refractivity contribution >= 4 is 0 Å². The van der Waals surface area contributed by atoms with Crippen LogP contribution in [0.1, 0.15) is 23.2 Å². The van der Waals surface area contributed by atoms with Gasteiger partial charge < -0.3 is 14.9 Å². The first kappa shape index (κ1) is 15.2. The van der Waals surface area contributed by atoms with Crippen molar-refractivity contribution in [2.45, 2.75) is 19.9 Å². The molecule has 1 atom stereocenters. The number of ether oxygens (including phenoxy) is 1. The number of hydrogen-bond donors (Lipinski definition) is 1. The fourth-order valence-corrected chi connectivity index (χ4v) is 2.85. The zero-order valence-corrected chi connectivity index (χ0v) is 13.2. The molecule has 5 heteroatoms. The Bertz CT molecular complexity index is 615. The van der Waals surface area contributed by atoms with Crippen LogP contribution < -0.4 is 5.73 Å². The van der Waals surface area contributed by atoms with Gasteiger partial charge >= 0.3 is 0 Å². The van der Waals surface area contributed by atoms with Gasteiger partial charge in [0.1, 0.15) is 0 Å². The minimum absolute atomic E-state index is 0.0182. The third kappa shape index (κ3) is 3.38. The molecule has 0 aliphatic carbocycles. The third-order valence-corrected chi connectivity index (χ3v) is 4.06. The first-order valence-corrected chi connectivity index (χ1v) is 7.73. The maximum absolute atomic E-state index is 6.33. The molecule has 1 aromatic heterocycles. The van der Waals surface area contributed by atoms with Crippen LogP contribution in [0.2, 0.25) is 0 Å². The van der Waals surface area contributed by atoms with E-state index in [1.807, 2.05) is 13.8 Å². The highest BCUT2D eigenvalue weighted by Crippen LogP contribution is 2.25. The number of hydrogen-bond acceptors (Lipinski definition) is 5. The Labute approximate surface area is 131 Å². The van der Waals surface area contributed by atoms with Crippen molar-refractivity contribution in [1.82, 2.24) is 9.88 Å². The van der Waals surface area contributed by atoms with Gasteiger partial charge in [0.2, 0.25) is 0 Å². The molecule has 0 saturated carbocycles. The summed E-state index contributed by atoms with van der Waals surface area (Å²) >= 11 is 0. The van der Waals surface area contributed by atoms with Gasteiger partial charge in [0.05, 0.1) is 18.9 Å². The summed E-state index contributed by atoms with van der Waals surface area (Å²) in [6.45, 7) is 8.21. The van der Waals surface area contributed by atoms with E-state index in [1.165, 1.54) is 0 Å². The number of benzene rings is 1. The Morgan fingerprint density at radius 2 is 1.86 bits per heavy atom. The highest BCUT2D eigenvalue weighted by atomic mass is 16.5. The molecular formula is C17H23N3O2. The molecule has 2 N–H and O–H groups in total. The van der Waals surface area contributed by atoms with Crippen LogP contribution >= 0.6 is 0 Å². The zero-order chi connectivity index (χ0) is 15.5. The van der Waals surface area contributed by atoms with Gasteiger partial charge in [0, 0.05) is 38.2 Å². The molecule has 0 spiro atoms. The van der Waals surface area contributed by atoms with E-state index in [2.05, 4.69) is 34.1 Å². The smallest absolute Gasteiger partial charge is 0.192 e. The Kier molecular flexibility index (Phi) is 4.57. The molecule has 1 aliphatic heterocycles. The Balaban J connectivity index is 1.69. The molecule has 2 heterocycles. The summed E-state index contributed by atoms with van der Waals surface area (Å²) in [6.07, 6.45) is 0. The largest absolute Gasteiger partial charge is 0.441 e. The second-order valence-electron chi connectivity index (χ2n) is 5.79. The topological polar surface area (TPSA) is 64.5 Å². The Morgan fingerprint density at radius 3 is 2.45 bits per heavy atom. The van der Waals surface area contributed by atoms with Crippen LogP contribution in [0, 0.1) is 13.8 Å². The fourth-order valence-electron chi connectivity index (χ4n) is 2.85. The standard InChI is InChI=1S/C17H23N3O2/c1-12-17(22-13(2)19-12)15-5-3-14(4-6-15)16(18)11-20-7-9-21-10-8-20/h3-6,16H,7-11,18H2,1-2H3/t16-/m0/s1. The molecule has 22 heavy (non-hydrogen) atoms. The quantitative estimate of drug-likeness (QED) is 0.938. The summed E-state index contributed by atoms with van der Waals surface area (Å²) in [4.78, 5) is 6.67. The van der Waals surface area contributed by atoms with Crippen molar-refractivity contribution in [2.24, 2.45) is 5.73 Å². The van der Waals surface area contributed by atoms with E-state index in [-0.39, 0.29) is 6.04 Å². The molecule has 5 nitrogen and oxygen atoms in total. The first-order chi connectivity index (χ1) is 10.6. The van der Waals surface area contributed by atoms with Crippen LogP contribution in [0.15, 0.2) is 28.7 Å². The summed E-state index contributed by atoms with van der Waals surface area (Å²) in [5.74, 6) is 1.53. The van der Waals surface area contributed by atoms with Crippen molar-refractivity contribution in [3.63, 3.8) is 0 Å². The van der Waals surface area contributed by atoms with E-state index in [4.69, 9.17) is 14.9 Å². The van der Waals surface area contributed by atoms with E-state index < -0.39 is 0 Å². The zero-order valence-electron chi connectivity index (χ0n) is 13.2. The van der Waals surface area contributed by atoms with Gasteiger partial charge in [0.25, 0.3) is 0 Å². The van der Waals surface area contributed by atoms with Crippen molar-refractivity contribution in [3.8, 4) is 11.3 Å². The summed E-state index contributed by atoms with van der Waals surface area (Å²) in [5.41, 5.74) is 9.43. The number of aromatic nitrogens is 1. The average molecular weight is 301 g/mol. The number of aryl methyl sites for hydroxylation is 2. The minimum atomic E-state index is 0.0182. The lowest BCUT2D eigenvalue weighted by atomic mass is 10.0. The van der Waals surface area contributed by atoms with E-state index in [0.29, 0.717) is 5.89 Å². The number of rotatable bonds is 4. The molecule has 1 aliphatic rings. The van der Waals surface area contributed by atoms with Crippen molar-refractivity contribution < 1.29 is 9.15 Å². The number of morpholine rings is 1. The molecular weight excluding hydrogens is 278 g/mol.